The first-order valence-corrected chi connectivity index (χ1v) is 30.6. The van der Waals surface area contributed by atoms with E-state index in [-0.39, 0.29) is 97.8 Å². The monoisotopic (exact) mass is 1180 g/mol. The maximum Gasteiger partial charge on any atom is 0.314 e. The molecule has 0 unspecified atom stereocenters. The van der Waals surface area contributed by atoms with Crippen molar-refractivity contribution in [2.75, 3.05) is 106 Å². The normalized spacial score (nSPS) is 16.7. The van der Waals surface area contributed by atoms with Gasteiger partial charge in [0.25, 0.3) is 0 Å². The molecule has 23 heteroatoms. The van der Waals surface area contributed by atoms with E-state index in [2.05, 4.69) is 26.3 Å². The fourth-order valence-corrected chi connectivity index (χ4v) is 12.2. The van der Waals surface area contributed by atoms with Crippen molar-refractivity contribution in [2.45, 2.75) is 91.9 Å². The Balaban J connectivity index is 0.701. The van der Waals surface area contributed by atoms with Gasteiger partial charge in [-0.1, -0.05) is 29.6 Å². The summed E-state index contributed by atoms with van der Waals surface area (Å²) in [5.74, 6) is 1.07. The summed E-state index contributed by atoms with van der Waals surface area (Å²) in [5.41, 5.74) is 4.56. The number of benzene rings is 4. The third-order valence-electron chi connectivity index (χ3n) is 13.7. The van der Waals surface area contributed by atoms with Gasteiger partial charge in [-0.3, -0.25) is 4.79 Å². The average molecular weight is 1180 g/mol. The number of nitrogens with zero attached hydrogens (tertiary/aromatic N) is 4. The predicted molar refractivity (Wildman–Crippen MR) is 305 cm³/mol. The number of nitriles is 1. The number of amides is 2. The molecule has 0 saturated heterocycles. The molecule has 0 bridgehead atoms. The molecular formula is C57H73Cl2N7O12S2. The van der Waals surface area contributed by atoms with Crippen molar-refractivity contribution in [1.29, 1.82) is 5.26 Å². The van der Waals surface area contributed by atoms with Gasteiger partial charge in [-0.2, -0.15) is 5.26 Å². The van der Waals surface area contributed by atoms with Crippen LogP contribution in [-0.4, -0.2) is 157 Å². The molecule has 2 amide bonds. The summed E-state index contributed by atoms with van der Waals surface area (Å²) in [6.45, 7) is 10.7. The number of hydrogen-bond donors (Lipinski definition) is 3. The van der Waals surface area contributed by atoms with E-state index in [1.54, 1.807) is 36.4 Å². The first-order valence-electron chi connectivity index (χ1n) is 26.8. The third kappa shape index (κ3) is 19.1. The lowest BCUT2D eigenvalue weighted by atomic mass is 10.0. The van der Waals surface area contributed by atoms with Gasteiger partial charge >= 0.3 is 6.03 Å². The number of carbonyl (C=O) groups excluding carboxylic acids is 2. The number of rotatable bonds is 35. The summed E-state index contributed by atoms with van der Waals surface area (Å²) in [4.78, 5) is 32.5. The van der Waals surface area contributed by atoms with E-state index in [1.165, 1.54) is 24.3 Å². The van der Waals surface area contributed by atoms with Crippen LogP contribution in [0.1, 0.15) is 85.0 Å². The van der Waals surface area contributed by atoms with E-state index in [9.17, 15) is 31.7 Å². The zero-order valence-electron chi connectivity index (χ0n) is 45.8. The molecule has 4 aromatic carbocycles. The van der Waals surface area contributed by atoms with Crippen LogP contribution in [0.25, 0.3) is 4.85 Å². The van der Waals surface area contributed by atoms with Crippen LogP contribution in [0.15, 0.2) is 82.6 Å². The first kappa shape index (κ1) is 63.8. The van der Waals surface area contributed by atoms with Crippen molar-refractivity contribution in [1.82, 2.24) is 25.2 Å². The van der Waals surface area contributed by atoms with Crippen LogP contribution in [0.4, 0.5) is 10.5 Å². The molecule has 4 atom stereocenters. The summed E-state index contributed by atoms with van der Waals surface area (Å²) < 4.78 is 89.4. The lowest BCUT2D eigenvalue weighted by Gasteiger charge is -2.27. The number of unbranched alkanes of at least 4 members (excludes halogenated alkanes) is 2. The molecule has 6 rings (SSSR count). The number of halogens is 2. The highest BCUT2D eigenvalue weighted by Gasteiger charge is 2.39. The third-order valence-corrected chi connectivity index (χ3v) is 17.4. The number of fused-ring (bicyclic) bond motifs is 2. The Bertz CT molecular complexity index is 2790. The molecular weight excluding hydrogens is 1110 g/mol. The SMILES string of the molecule is [C-]#[N+]c1cc(Cl)cc2c1C[C@H](N(C)C)[C@H]2Oc1ccc(S(=O)(=O)NCCOCCOCCCC(=O)CCCCCNC(=O)NCCOCCOCCCS(=O)(=O)c2ccc(O[C@H]3c4cc(Cl)cc(C#N)c4C[C@@H]3N(C)C)cc2)cc1. The van der Waals surface area contributed by atoms with Gasteiger partial charge in [0, 0.05) is 55.7 Å². The molecule has 19 nitrogen and oxygen atoms in total. The molecule has 0 heterocycles. The molecule has 0 spiro atoms. The van der Waals surface area contributed by atoms with Crippen LogP contribution in [0.5, 0.6) is 11.5 Å². The first-order chi connectivity index (χ1) is 38.4. The lowest BCUT2D eigenvalue weighted by Crippen LogP contribution is -2.37. The van der Waals surface area contributed by atoms with Gasteiger partial charge in [0.05, 0.1) is 85.5 Å². The topological polar surface area (TPSA) is 229 Å². The molecule has 2 aliphatic carbocycles. The van der Waals surface area contributed by atoms with E-state index in [0.29, 0.717) is 97.6 Å². The molecule has 80 heavy (non-hydrogen) atoms. The van der Waals surface area contributed by atoms with Crippen LogP contribution >= 0.6 is 23.2 Å². The number of Topliss-reactive ketones (excluding diaryl/α,β-unsaturated/α-hetero) is 1. The van der Waals surface area contributed by atoms with E-state index in [1.807, 2.05) is 50.1 Å². The van der Waals surface area contributed by atoms with Crippen molar-refractivity contribution < 1.29 is 54.8 Å². The zero-order valence-corrected chi connectivity index (χ0v) is 49.0. The summed E-state index contributed by atoms with van der Waals surface area (Å²) >= 11 is 12.6. The largest absolute Gasteiger partial charge is 0.484 e. The quantitative estimate of drug-likeness (QED) is 0.0292. The average Bonchev–Trinajstić information content (AvgIpc) is 3.98. The van der Waals surface area contributed by atoms with Gasteiger partial charge in [-0.15, -0.1) is 0 Å². The van der Waals surface area contributed by atoms with Gasteiger partial charge in [-0.25, -0.2) is 31.2 Å². The predicted octanol–water partition coefficient (Wildman–Crippen LogP) is 8.05. The maximum atomic E-state index is 13.0. The number of nitrogens with one attached hydrogen (secondary N) is 3. The number of urea groups is 1. The Hall–Kier alpha value is -5.40. The molecule has 0 aliphatic heterocycles. The number of likely N-dealkylation sites (N-methyl/N-ethyl adjacent to an activating group) is 2. The van der Waals surface area contributed by atoms with Crippen LogP contribution < -0.4 is 24.8 Å². The fraction of sp³-hybridized carbons (Fsp3) is 0.509. The number of sulfone groups is 1. The van der Waals surface area contributed by atoms with Gasteiger partial charge in [-0.05, 0) is 162 Å². The number of ether oxygens (including phenoxy) is 6. The fourth-order valence-electron chi connectivity index (χ4n) is 9.48. The van der Waals surface area contributed by atoms with Gasteiger partial charge in [0.15, 0.2) is 15.5 Å². The van der Waals surface area contributed by atoms with Crippen molar-refractivity contribution in [3.8, 4) is 17.6 Å². The molecule has 0 radical (unpaired) electrons. The minimum atomic E-state index is -3.79. The van der Waals surface area contributed by atoms with Crippen LogP contribution in [0.3, 0.4) is 0 Å². The summed E-state index contributed by atoms with van der Waals surface area (Å²) in [6, 6.07) is 21.4. The molecule has 0 fully saturated rings. The van der Waals surface area contributed by atoms with E-state index < -0.39 is 19.9 Å². The van der Waals surface area contributed by atoms with Crippen molar-refractivity contribution in [2.24, 2.45) is 0 Å². The minimum absolute atomic E-state index is 0.0330. The van der Waals surface area contributed by atoms with Crippen molar-refractivity contribution in [3.05, 3.63) is 122 Å². The maximum absolute atomic E-state index is 13.0. The molecule has 0 aromatic heterocycles. The minimum Gasteiger partial charge on any atom is -0.484 e. The second-order valence-corrected chi connectivity index (χ2v) is 24.6. The molecule has 3 N–H and O–H groups in total. The Morgan fingerprint density at radius 3 is 1.74 bits per heavy atom. The Kier molecular flexibility index (Phi) is 25.3. The number of carbonyl (C=O) groups is 2. The molecule has 434 valence electrons. The van der Waals surface area contributed by atoms with Crippen LogP contribution in [0, 0.1) is 17.9 Å². The number of hydrogen-bond acceptors (Lipinski definition) is 15. The van der Waals surface area contributed by atoms with Gasteiger partial charge in [0.2, 0.25) is 10.0 Å². The van der Waals surface area contributed by atoms with E-state index in [4.69, 9.17) is 58.2 Å². The highest BCUT2D eigenvalue weighted by atomic mass is 35.5. The highest BCUT2D eigenvalue weighted by molar-refractivity contribution is 7.91. The second-order valence-electron chi connectivity index (χ2n) is 19.9. The lowest BCUT2D eigenvalue weighted by molar-refractivity contribution is -0.119. The molecule has 4 aromatic rings. The van der Waals surface area contributed by atoms with Gasteiger partial charge in [0.1, 0.15) is 29.5 Å². The van der Waals surface area contributed by atoms with Crippen molar-refractivity contribution >= 4 is 60.6 Å². The Labute approximate surface area is 481 Å². The number of ketones is 1. The Morgan fingerprint density at radius 2 is 1.15 bits per heavy atom. The summed E-state index contributed by atoms with van der Waals surface area (Å²) in [7, 11) is 0.451. The van der Waals surface area contributed by atoms with E-state index in [0.717, 1.165) is 41.5 Å². The molecule has 2 aliphatic rings. The summed E-state index contributed by atoms with van der Waals surface area (Å²) in [5, 5.41) is 16.1. The second kappa shape index (κ2) is 31.7. The standard InChI is InChI=1S/C57H73Cl2N7O12S2/c1-61-52-36-42(59)35-51-49(52)38-54(66(4)5)56(51)78-45-15-19-47(20-16-45)80(71,72)64-23-27-76-31-28-73-24-9-12-43(67)11-7-6-8-21-62-57(68)63-22-26-75-30-29-74-25-10-32-79(69,70)46-17-13-44(14-18-46)77-55-50-34-41(58)33-40(39-60)48(50)37-53(55)65(2)3/h13-20,33-36,53-56,64H,6-12,21-32,37-38H2,2-5H3,(H2,62,63,68)/t53-,54-,55-,56-/m0/s1. The Morgan fingerprint density at radius 1 is 0.637 bits per heavy atom. The van der Waals surface area contributed by atoms with Crippen molar-refractivity contribution in [3.63, 3.8) is 0 Å². The van der Waals surface area contributed by atoms with Crippen LogP contribution in [0.2, 0.25) is 10.0 Å². The van der Waals surface area contributed by atoms with Gasteiger partial charge < -0.3 is 48.9 Å². The zero-order chi connectivity index (χ0) is 57.7. The molecule has 0 saturated carbocycles. The summed E-state index contributed by atoms with van der Waals surface area (Å²) in [6.07, 6.45) is 4.51. The van der Waals surface area contributed by atoms with E-state index >= 15 is 0 Å². The number of sulfonamides is 1. The highest BCUT2D eigenvalue weighted by Crippen LogP contribution is 2.44. The smallest absolute Gasteiger partial charge is 0.314 e. The van der Waals surface area contributed by atoms with Crippen LogP contribution in [-0.2, 0) is 56.4 Å².